The minimum atomic E-state index is 0.236. The number of thiophene rings is 1. The molecule has 0 bridgehead atoms. The molecule has 0 unspecified atom stereocenters. The van der Waals surface area contributed by atoms with Crippen LogP contribution in [0.1, 0.15) is 44.7 Å². The zero-order valence-corrected chi connectivity index (χ0v) is 12.9. The lowest BCUT2D eigenvalue weighted by molar-refractivity contribution is 0.591. The molecule has 1 aliphatic carbocycles. The predicted molar refractivity (Wildman–Crippen MR) is 85.3 cm³/mol. The van der Waals surface area contributed by atoms with Crippen LogP contribution in [0.25, 0.3) is 10.1 Å². The highest BCUT2D eigenvalue weighted by atomic mass is 32.1. The molecule has 0 amide bonds. The van der Waals surface area contributed by atoms with Gasteiger partial charge in [0.2, 0.25) is 0 Å². The summed E-state index contributed by atoms with van der Waals surface area (Å²) in [5.41, 5.74) is 3.19. The second-order valence-electron chi connectivity index (χ2n) is 6.70. The topological polar surface area (TPSA) is 12.0 Å². The first-order valence-corrected chi connectivity index (χ1v) is 8.16. The van der Waals surface area contributed by atoms with Crippen LogP contribution in [-0.2, 0) is 11.8 Å². The minimum Gasteiger partial charge on any atom is -0.314 e. The van der Waals surface area contributed by atoms with Crippen molar-refractivity contribution in [1.82, 2.24) is 5.32 Å². The summed E-state index contributed by atoms with van der Waals surface area (Å²) in [6.45, 7) is 7.98. The third kappa shape index (κ3) is 3.01. The van der Waals surface area contributed by atoms with Crippen molar-refractivity contribution in [3.05, 3.63) is 34.7 Å². The first-order chi connectivity index (χ1) is 9.04. The Morgan fingerprint density at radius 3 is 2.74 bits per heavy atom. The van der Waals surface area contributed by atoms with Gasteiger partial charge in [-0.15, -0.1) is 11.3 Å². The fourth-order valence-corrected chi connectivity index (χ4v) is 3.42. The van der Waals surface area contributed by atoms with E-state index < -0.39 is 0 Å². The molecule has 1 heterocycles. The summed E-state index contributed by atoms with van der Waals surface area (Å²) in [7, 11) is 0. The average Bonchev–Trinajstić information content (AvgIpc) is 3.08. The van der Waals surface area contributed by atoms with Crippen LogP contribution in [0.2, 0.25) is 0 Å². The van der Waals surface area contributed by atoms with Crippen molar-refractivity contribution in [2.24, 2.45) is 0 Å². The van der Waals surface area contributed by atoms with Gasteiger partial charge >= 0.3 is 0 Å². The van der Waals surface area contributed by atoms with E-state index in [1.807, 2.05) is 11.3 Å². The zero-order valence-electron chi connectivity index (χ0n) is 12.1. The summed E-state index contributed by atoms with van der Waals surface area (Å²) >= 11 is 1.88. The highest BCUT2D eigenvalue weighted by molar-refractivity contribution is 7.17. The number of fused-ring (bicyclic) bond motifs is 1. The van der Waals surface area contributed by atoms with Gasteiger partial charge in [0, 0.05) is 10.7 Å². The van der Waals surface area contributed by atoms with Gasteiger partial charge in [0.25, 0.3) is 0 Å². The van der Waals surface area contributed by atoms with Crippen LogP contribution in [0.15, 0.2) is 23.6 Å². The molecule has 0 atom stereocenters. The third-order valence-electron chi connectivity index (χ3n) is 3.92. The van der Waals surface area contributed by atoms with E-state index in [1.54, 1.807) is 0 Å². The van der Waals surface area contributed by atoms with Gasteiger partial charge in [-0.25, -0.2) is 0 Å². The van der Waals surface area contributed by atoms with Crippen LogP contribution in [0, 0.1) is 0 Å². The molecular weight excluding hydrogens is 250 g/mol. The second kappa shape index (κ2) is 4.92. The van der Waals surface area contributed by atoms with Crippen molar-refractivity contribution in [2.75, 3.05) is 6.54 Å². The molecule has 0 radical (unpaired) electrons. The van der Waals surface area contributed by atoms with Gasteiger partial charge in [0.1, 0.15) is 0 Å². The van der Waals surface area contributed by atoms with E-state index in [1.165, 1.54) is 34.1 Å². The van der Waals surface area contributed by atoms with Crippen LogP contribution < -0.4 is 5.32 Å². The van der Waals surface area contributed by atoms with Gasteiger partial charge in [0.15, 0.2) is 0 Å². The first-order valence-electron chi connectivity index (χ1n) is 7.28. The maximum absolute atomic E-state index is 3.61. The van der Waals surface area contributed by atoms with Crippen molar-refractivity contribution in [3.8, 4) is 0 Å². The first kappa shape index (κ1) is 13.1. The van der Waals surface area contributed by atoms with Crippen molar-refractivity contribution in [1.29, 1.82) is 0 Å². The van der Waals surface area contributed by atoms with Gasteiger partial charge in [-0.05, 0) is 65.2 Å². The van der Waals surface area contributed by atoms with Crippen molar-refractivity contribution in [3.63, 3.8) is 0 Å². The molecule has 1 aromatic carbocycles. The van der Waals surface area contributed by atoms with Crippen LogP contribution in [-0.4, -0.2) is 12.6 Å². The van der Waals surface area contributed by atoms with E-state index in [2.05, 4.69) is 49.7 Å². The zero-order chi connectivity index (χ0) is 13.5. The molecule has 1 fully saturated rings. The summed E-state index contributed by atoms with van der Waals surface area (Å²) in [4.78, 5) is 0. The fraction of sp³-hybridized carbons (Fsp3) is 0.529. The van der Waals surface area contributed by atoms with E-state index in [9.17, 15) is 0 Å². The Morgan fingerprint density at radius 1 is 1.26 bits per heavy atom. The maximum Gasteiger partial charge on any atom is 0.0345 e. The highest BCUT2D eigenvalue weighted by Crippen LogP contribution is 2.31. The predicted octanol–water partition coefficient (Wildman–Crippen LogP) is 4.49. The third-order valence-corrected chi connectivity index (χ3v) is 4.94. The van der Waals surface area contributed by atoms with E-state index in [0.29, 0.717) is 0 Å². The Morgan fingerprint density at radius 2 is 2.05 bits per heavy atom. The summed E-state index contributed by atoms with van der Waals surface area (Å²) in [6.07, 6.45) is 3.90. The average molecular weight is 273 g/mol. The standard InChI is InChI=1S/C17H23NS/c1-17(2,3)13-4-7-16-15(10-13)12(11-19-16)8-9-18-14-5-6-14/h4,7,10-11,14,18H,5-6,8-9H2,1-3H3. The molecular formula is C17H23NS. The molecule has 102 valence electrons. The Hall–Kier alpha value is -0.860. The number of benzene rings is 1. The van der Waals surface area contributed by atoms with Crippen molar-refractivity contribution in [2.45, 2.75) is 51.5 Å². The monoisotopic (exact) mass is 273 g/mol. The van der Waals surface area contributed by atoms with Gasteiger partial charge in [-0.1, -0.05) is 26.8 Å². The van der Waals surface area contributed by atoms with Crippen LogP contribution in [0.4, 0.5) is 0 Å². The summed E-state index contributed by atoms with van der Waals surface area (Å²) in [6, 6.07) is 7.79. The molecule has 0 saturated heterocycles. The van der Waals surface area contributed by atoms with E-state index >= 15 is 0 Å². The smallest absolute Gasteiger partial charge is 0.0345 e. The molecule has 19 heavy (non-hydrogen) atoms. The molecule has 0 aliphatic heterocycles. The largest absolute Gasteiger partial charge is 0.314 e. The Balaban J connectivity index is 1.82. The van der Waals surface area contributed by atoms with Gasteiger partial charge in [0.05, 0.1) is 0 Å². The number of rotatable bonds is 4. The van der Waals surface area contributed by atoms with E-state index in [0.717, 1.165) is 19.0 Å². The summed E-state index contributed by atoms with van der Waals surface area (Å²) in [5.74, 6) is 0. The van der Waals surface area contributed by atoms with E-state index in [-0.39, 0.29) is 5.41 Å². The SMILES string of the molecule is CC(C)(C)c1ccc2scc(CCNC3CC3)c2c1. The number of hydrogen-bond acceptors (Lipinski definition) is 2. The normalized spacial score (nSPS) is 16.2. The Kier molecular flexibility index (Phi) is 3.40. The Bertz CT molecular complexity index is 572. The molecule has 2 heteroatoms. The minimum absolute atomic E-state index is 0.236. The van der Waals surface area contributed by atoms with Gasteiger partial charge < -0.3 is 5.32 Å². The highest BCUT2D eigenvalue weighted by Gasteiger charge is 2.20. The van der Waals surface area contributed by atoms with Crippen LogP contribution in [0.3, 0.4) is 0 Å². The van der Waals surface area contributed by atoms with Gasteiger partial charge in [-0.2, -0.15) is 0 Å². The number of hydrogen-bond donors (Lipinski definition) is 1. The summed E-state index contributed by atoms with van der Waals surface area (Å²) < 4.78 is 1.43. The van der Waals surface area contributed by atoms with Crippen molar-refractivity contribution >= 4 is 21.4 Å². The molecule has 1 aliphatic rings. The molecule has 2 aromatic rings. The molecule has 3 rings (SSSR count). The molecule has 1 N–H and O–H groups in total. The van der Waals surface area contributed by atoms with Crippen LogP contribution in [0.5, 0.6) is 0 Å². The Labute approximate surface area is 120 Å². The van der Waals surface area contributed by atoms with E-state index in [4.69, 9.17) is 0 Å². The van der Waals surface area contributed by atoms with Crippen LogP contribution >= 0.6 is 11.3 Å². The lowest BCUT2D eigenvalue weighted by Gasteiger charge is -2.19. The maximum atomic E-state index is 3.61. The quantitative estimate of drug-likeness (QED) is 0.865. The lowest BCUT2D eigenvalue weighted by Crippen LogP contribution is -2.19. The fourth-order valence-electron chi connectivity index (χ4n) is 2.44. The number of nitrogens with one attached hydrogen (secondary N) is 1. The molecule has 1 aromatic heterocycles. The second-order valence-corrected chi connectivity index (χ2v) is 7.61. The molecule has 1 nitrogen and oxygen atoms in total. The molecule has 0 spiro atoms. The van der Waals surface area contributed by atoms with Crippen molar-refractivity contribution < 1.29 is 0 Å². The molecule has 1 saturated carbocycles. The lowest BCUT2D eigenvalue weighted by atomic mass is 9.86. The van der Waals surface area contributed by atoms with Gasteiger partial charge in [-0.3, -0.25) is 0 Å². The summed E-state index contributed by atoms with van der Waals surface area (Å²) in [5, 5.41) is 7.42.